The number of amides is 2. The van der Waals surface area contributed by atoms with E-state index in [2.05, 4.69) is 5.32 Å². The molecule has 0 spiro atoms. The maximum Gasteiger partial charge on any atom is 0.262 e. The Bertz CT molecular complexity index is 386. The third kappa shape index (κ3) is 5.62. The summed E-state index contributed by atoms with van der Waals surface area (Å²) in [4.78, 5) is 22.2. The molecule has 0 saturated carbocycles. The van der Waals surface area contributed by atoms with Crippen molar-refractivity contribution in [2.75, 3.05) is 6.54 Å². The van der Waals surface area contributed by atoms with Gasteiger partial charge in [0.1, 0.15) is 0 Å². The topological polar surface area (TPSA) is 104 Å². The number of hydrogen-bond donors (Lipinski definition) is 4. The first kappa shape index (κ1) is 16.4. The Balaban J connectivity index is 0.00000289. The van der Waals surface area contributed by atoms with E-state index in [4.69, 9.17) is 10.9 Å². The van der Waals surface area contributed by atoms with E-state index in [1.54, 1.807) is 0 Å². The van der Waals surface area contributed by atoms with E-state index in [0.717, 1.165) is 5.56 Å². The number of nitrogens with two attached hydrogens (primary N) is 1. The maximum absolute atomic E-state index is 11.5. The quantitative estimate of drug-likeness (QED) is 0.433. The highest BCUT2D eigenvalue weighted by atomic mass is 35.5. The van der Waals surface area contributed by atoms with Crippen LogP contribution < -0.4 is 16.5 Å². The normalized spacial score (nSPS) is 11.0. The van der Waals surface area contributed by atoms with Gasteiger partial charge in [0.15, 0.2) is 0 Å². The molecule has 5 N–H and O–H groups in total. The molecule has 7 heteroatoms. The highest BCUT2D eigenvalue weighted by molar-refractivity contribution is 5.87. The molecule has 0 radical (unpaired) electrons. The summed E-state index contributed by atoms with van der Waals surface area (Å²) in [5.41, 5.74) is 8.03. The van der Waals surface area contributed by atoms with Crippen molar-refractivity contribution in [1.29, 1.82) is 0 Å². The summed E-state index contributed by atoms with van der Waals surface area (Å²) >= 11 is 0. The fourth-order valence-electron chi connectivity index (χ4n) is 1.30. The van der Waals surface area contributed by atoms with Gasteiger partial charge in [-0.15, -0.1) is 12.4 Å². The Hall–Kier alpha value is -1.63. The molecule has 0 aliphatic carbocycles. The van der Waals surface area contributed by atoms with E-state index in [-0.39, 0.29) is 19.0 Å². The van der Waals surface area contributed by atoms with Crippen molar-refractivity contribution < 1.29 is 14.8 Å². The first-order chi connectivity index (χ1) is 8.13. The predicted octanol–water partition coefficient (Wildman–Crippen LogP) is -0.400. The average Bonchev–Trinajstić information content (AvgIpc) is 2.36. The molecule has 1 aromatic carbocycles. The molecule has 0 unspecified atom stereocenters. The summed E-state index contributed by atoms with van der Waals surface area (Å²) in [6.45, 7) is -0.294. The third-order valence-electron chi connectivity index (χ3n) is 2.18. The molecular formula is C11H16ClN3O3. The van der Waals surface area contributed by atoms with Crippen LogP contribution in [0.3, 0.4) is 0 Å². The van der Waals surface area contributed by atoms with Gasteiger partial charge in [0.25, 0.3) is 5.91 Å². The van der Waals surface area contributed by atoms with E-state index >= 15 is 0 Å². The van der Waals surface area contributed by atoms with Crippen molar-refractivity contribution in [2.45, 2.75) is 12.5 Å². The second kappa shape index (κ2) is 8.46. The molecule has 0 heterocycles. The van der Waals surface area contributed by atoms with Gasteiger partial charge in [-0.3, -0.25) is 14.8 Å². The van der Waals surface area contributed by atoms with Crippen molar-refractivity contribution in [3.63, 3.8) is 0 Å². The summed E-state index contributed by atoms with van der Waals surface area (Å²) < 4.78 is 0. The van der Waals surface area contributed by atoms with Crippen LogP contribution in [-0.2, 0) is 16.0 Å². The van der Waals surface area contributed by atoms with Crippen LogP contribution in [0.5, 0.6) is 0 Å². The van der Waals surface area contributed by atoms with Crippen LogP contribution in [0.1, 0.15) is 5.56 Å². The Morgan fingerprint density at radius 3 is 2.44 bits per heavy atom. The zero-order valence-electron chi connectivity index (χ0n) is 9.63. The van der Waals surface area contributed by atoms with E-state index in [0.29, 0.717) is 6.42 Å². The third-order valence-corrected chi connectivity index (χ3v) is 2.18. The molecule has 2 amide bonds. The van der Waals surface area contributed by atoms with Crippen LogP contribution in [0.15, 0.2) is 30.3 Å². The number of hydrogen-bond acceptors (Lipinski definition) is 4. The van der Waals surface area contributed by atoms with Gasteiger partial charge in [-0.1, -0.05) is 30.3 Å². The van der Waals surface area contributed by atoms with Gasteiger partial charge in [-0.2, -0.15) is 0 Å². The summed E-state index contributed by atoms with van der Waals surface area (Å²) in [7, 11) is 0. The van der Waals surface area contributed by atoms with Gasteiger partial charge in [0.2, 0.25) is 5.91 Å². The van der Waals surface area contributed by atoms with Gasteiger partial charge in [-0.05, 0) is 12.0 Å². The lowest BCUT2D eigenvalue weighted by atomic mass is 10.1. The van der Waals surface area contributed by atoms with Crippen LogP contribution in [0.25, 0.3) is 0 Å². The molecule has 0 aromatic heterocycles. The lowest BCUT2D eigenvalue weighted by Crippen LogP contribution is -2.45. The molecule has 0 saturated heterocycles. The number of hydroxylamine groups is 1. The molecule has 0 aliphatic rings. The molecule has 6 nitrogen and oxygen atoms in total. The van der Waals surface area contributed by atoms with E-state index in [9.17, 15) is 9.59 Å². The number of rotatable bonds is 5. The maximum atomic E-state index is 11.5. The van der Waals surface area contributed by atoms with Gasteiger partial charge in [-0.25, -0.2) is 5.48 Å². The monoisotopic (exact) mass is 273 g/mol. The Morgan fingerprint density at radius 2 is 1.89 bits per heavy atom. The van der Waals surface area contributed by atoms with E-state index in [1.807, 2.05) is 30.3 Å². The minimum absolute atomic E-state index is 0. The van der Waals surface area contributed by atoms with Crippen molar-refractivity contribution in [3.8, 4) is 0 Å². The summed E-state index contributed by atoms with van der Waals surface area (Å²) in [5, 5.41) is 10.6. The number of halogens is 1. The Kier molecular flexibility index (Phi) is 7.69. The Morgan fingerprint density at radius 1 is 1.28 bits per heavy atom. The van der Waals surface area contributed by atoms with E-state index < -0.39 is 17.9 Å². The predicted molar refractivity (Wildman–Crippen MR) is 68.3 cm³/mol. The first-order valence-electron chi connectivity index (χ1n) is 5.13. The second-order valence-corrected chi connectivity index (χ2v) is 3.55. The number of carbonyl (C=O) groups is 2. The zero-order chi connectivity index (χ0) is 12.7. The minimum Gasteiger partial charge on any atom is -0.346 e. The highest BCUT2D eigenvalue weighted by Crippen LogP contribution is 2.01. The van der Waals surface area contributed by atoms with Gasteiger partial charge >= 0.3 is 0 Å². The fourth-order valence-corrected chi connectivity index (χ4v) is 1.30. The molecule has 1 atom stereocenters. The summed E-state index contributed by atoms with van der Waals surface area (Å²) in [6, 6.07) is 8.61. The lowest BCUT2D eigenvalue weighted by molar-refractivity contribution is -0.131. The number of carbonyl (C=O) groups excluding carboxylic acids is 2. The number of benzene rings is 1. The summed E-state index contributed by atoms with van der Waals surface area (Å²) in [6.07, 6.45) is 0.396. The molecular weight excluding hydrogens is 258 g/mol. The van der Waals surface area contributed by atoms with Crippen LogP contribution in [0, 0.1) is 0 Å². The van der Waals surface area contributed by atoms with Gasteiger partial charge in [0, 0.05) is 0 Å². The van der Waals surface area contributed by atoms with Crippen LogP contribution in [0.4, 0.5) is 0 Å². The molecule has 0 bridgehead atoms. The second-order valence-electron chi connectivity index (χ2n) is 3.55. The molecule has 1 rings (SSSR count). The molecule has 0 fully saturated rings. The molecule has 100 valence electrons. The SMILES string of the molecule is Cl.N[C@@H](Cc1ccccc1)C(=O)NCC(=O)NO. The molecule has 0 aliphatic heterocycles. The summed E-state index contributed by atoms with van der Waals surface area (Å²) in [5.74, 6) is -1.12. The van der Waals surface area contributed by atoms with Crippen molar-refractivity contribution in [3.05, 3.63) is 35.9 Å². The van der Waals surface area contributed by atoms with Gasteiger partial charge < -0.3 is 11.1 Å². The standard InChI is InChI=1S/C11H15N3O3.ClH/c12-9(6-8-4-2-1-3-5-8)11(16)13-7-10(15)14-17;/h1-5,9,17H,6-7,12H2,(H,13,16)(H,14,15);1H/t9-;/m0./s1. The average molecular weight is 274 g/mol. The highest BCUT2D eigenvalue weighted by Gasteiger charge is 2.14. The van der Waals surface area contributed by atoms with Crippen molar-refractivity contribution >= 4 is 24.2 Å². The Labute approximate surface area is 111 Å². The molecule has 1 aromatic rings. The molecule has 18 heavy (non-hydrogen) atoms. The largest absolute Gasteiger partial charge is 0.346 e. The smallest absolute Gasteiger partial charge is 0.262 e. The lowest BCUT2D eigenvalue weighted by Gasteiger charge is -2.11. The van der Waals surface area contributed by atoms with Crippen LogP contribution >= 0.6 is 12.4 Å². The number of nitrogens with one attached hydrogen (secondary N) is 2. The van der Waals surface area contributed by atoms with Crippen LogP contribution in [0.2, 0.25) is 0 Å². The van der Waals surface area contributed by atoms with E-state index in [1.165, 1.54) is 5.48 Å². The first-order valence-corrected chi connectivity index (χ1v) is 5.13. The van der Waals surface area contributed by atoms with Crippen molar-refractivity contribution in [1.82, 2.24) is 10.8 Å². The minimum atomic E-state index is -0.719. The van der Waals surface area contributed by atoms with Gasteiger partial charge in [0.05, 0.1) is 12.6 Å². The zero-order valence-corrected chi connectivity index (χ0v) is 10.4. The van der Waals surface area contributed by atoms with Crippen molar-refractivity contribution in [2.24, 2.45) is 5.73 Å². The van der Waals surface area contributed by atoms with Crippen LogP contribution in [-0.4, -0.2) is 29.6 Å². The fraction of sp³-hybridized carbons (Fsp3) is 0.273.